The van der Waals surface area contributed by atoms with Gasteiger partial charge in [0.05, 0.1) is 0 Å². The molecule has 0 aromatic carbocycles. The molecule has 0 bridgehead atoms. The minimum atomic E-state index is -0.363. The predicted molar refractivity (Wildman–Crippen MR) is 26.7 cm³/mol. The van der Waals surface area contributed by atoms with Crippen LogP contribution in [0.2, 0.25) is 0 Å². The first-order valence-electron chi connectivity index (χ1n) is 0.333. The van der Waals surface area contributed by atoms with Crippen molar-refractivity contribution in [3.05, 3.63) is 0 Å². The van der Waals surface area contributed by atoms with Crippen molar-refractivity contribution < 1.29 is 14.9 Å². The third-order valence-electron chi connectivity index (χ3n) is 0. The van der Waals surface area contributed by atoms with E-state index in [4.69, 9.17) is 0 Å². The Kier molecular flexibility index (Phi) is 50.8. The van der Waals surface area contributed by atoms with Gasteiger partial charge in [0.1, 0.15) is 0 Å². The van der Waals surface area contributed by atoms with Crippen LogP contribution in [0.4, 0.5) is 0 Å². The normalized spacial score (nSPS) is 2.40. The first-order chi connectivity index (χ1) is 1.41. The Morgan fingerprint density at radius 2 is 1.00 bits per heavy atom. The van der Waals surface area contributed by atoms with Crippen LogP contribution in [0.1, 0.15) is 0 Å². The molecular formula is Ba2MoS2. The maximum atomic E-state index is 4.34. The molecule has 0 heterocycles. The number of hydrogen-bond donors (Lipinski definition) is 0. The standard InChI is InChI=1S/2Ba.Mo.2S. The quantitative estimate of drug-likeness (QED) is 0.510. The molecule has 0 atom stereocenters. The molecule has 0 N–H and O–H groups in total. The third-order valence-corrected chi connectivity index (χ3v) is 0. The molecule has 0 saturated carbocycles. The molecular weight excluding hydrogens is 435 g/mol. The predicted octanol–water partition coefficient (Wildman–Crippen LogP) is 0.532. The molecule has 0 amide bonds. The van der Waals surface area contributed by atoms with Crippen LogP contribution in [0.25, 0.3) is 0 Å². The zero-order valence-corrected chi connectivity index (χ0v) is 15.2. The second-order valence-corrected chi connectivity index (χ2v) is 3.62. The summed E-state index contributed by atoms with van der Waals surface area (Å²) in [5.41, 5.74) is 0. The van der Waals surface area contributed by atoms with Crippen LogP contribution in [0.15, 0.2) is 0 Å². The Bertz CT molecular complexity index is 28.6. The molecule has 0 fully saturated rings. The summed E-state index contributed by atoms with van der Waals surface area (Å²) in [7, 11) is 8.68. The first kappa shape index (κ1) is 16.1. The van der Waals surface area contributed by atoms with Crippen LogP contribution in [0.5, 0.6) is 0 Å². The maximum absolute atomic E-state index is 4.34. The fraction of sp³-hybridized carbons (Fsp3) is 0. The van der Waals surface area contributed by atoms with E-state index in [0.29, 0.717) is 0 Å². The topological polar surface area (TPSA) is 0 Å². The van der Waals surface area contributed by atoms with Crippen molar-refractivity contribution in [2.45, 2.75) is 0 Å². The summed E-state index contributed by atoms with van der Waals surface area (Å²) in [5.74, 6) is 0. The molecule has 0 aromatic rings. The van der Waals surface area contributed by atoms with E-state index < -0.39 is 0 Å². The van der Waals surface area contributed by atoms with E-state index in [1.54, 1.807) is 0 Å². The molecule has 0 aromatic heterocycles. The van der Waals surface area contributed by atoms with Crippen LogP contribution in [0, 0.1) is 0 Å². The summed E-state index contributed by atoms with van der Waals surface area (Å²) in [4.78, 5) is 0. The summed E-state index contributed by atoms with van der Waals surface area (Å²) in [6, 6.07) is 0. The second kappa shape index (κ2) is 15.7. The Morgan fingerprint density at radius 3 is 1.00 bits per heavy atom. The van der Waals surface area contributed by atoms with E-state index in [9.17, 15) is 0 Å². The molecule has 0 unspecified atom stereocenters. The van der Waals surface area contributed by atoms with Crippen LogP contribution >= 0.6 is 19.6 Å². The summed E-state index contributed by atoms with van der Waals surface area (Å²) < 4.78 is 0. The van der Waals surface area contributed by atoms with E-state index in [1.807, 2.05) is 0 Å². The number of rotatable bonds is 0. The van der Waals surface area contributed by atoms with Gasteiger partial charge in [-0.25, -0.2) is 0 Å². The van der Waals surface area contributed by atoms with Gasteiger partial charge in [-0.1, -0.05) is 0 Å². The van der Waals surface area contributed by atoms with Gasteiger partial charge in [-0.15, -0.1) is 0 Å². The van der Waals surface area contributed by atoms with Crippen molar-refractivity contribution in [2.75, 3.05) is 0 Å². The van der Waals surface area contributed by atoms with E-state index in [0.717, 1.165) is 0 Å². The Hall–Kier alpha value is 4.27. The van der Waals surface area contributed by atoms with Crippen molar-refractivity contribution in [3.8, 4) is 0 Å². The molecule has 0 rings (SSSR count). The summed E-state index contributed by atoms with van der Waals surface area (Å²) in [5, 5.41) is 0. The van der Waals surface area contributed by atoms with Crippen LogP contribution < -0.4 is 0 Å². The van der Waals surface area contributed by atoms with Gasteiger partial charge in [-0.2, -0.15) is 0 Å². The van der Waals surface area contributed by atoms with Gasteiger partial charge in [0.2, 0.25) is 0 Å². The van der Waals surface area contributed by atoms with Crippen molar-refractivity contribution in [1.29, 1.82) is 0 Å². The number of hydrogen-bond acceptors (Lipinski definition) is 2. The van der Waals surface area contributed by atoms with Gasteiger partial charge in [0, 0.05) is 97.8 Å². The fourth-order valence-corrected chi connectivity index (χ4v) is 0. The van der Waals surface area contributed by atoms with Gasteiger partial charge in [0.15, 0.2) is 0 Å². The Labute approximate surface area is 128 Å². The molecule has 5 heavy (non-hydrogen) atoms. The van der Waals surface area contributed by atoms with Crippen molar-refractivity contribution in [1.82, 2.24) is 0 Å². The van der Waals surface area contributed by atoms with Crippen LogP contribution in [-0.2, 0) is 14.9 Å². The molecule has 0 saturated heterocycles. The monoisotopic (exact) mass is 438 g/mol. The third kappa shape index (κ3) is 17.8. The Morgan fingerprint density at radius 1 is 1.00 bits per heavy atom. The minimum absolute atomic E-state index is 0. The summed E-state index contributed by atoms with van der Waals surface area (Å²) in [6.45, 7) is 0. The molecule has 0 aliphatic carbocycles. The van der Waals surface area contributed by atoms with Crippen LogP contribution in [0.3, 0.4) is 0 Å². The van der Waals surface area contributed by atoms with Crippen molar-refractivity contribution in [2.24, 2.45) is 0 Å². The van der Waals surface area contributed by atoms with Gasteiger partial charge in [0.25, 0.3) is 0 Å². The van der Waals surface area contributed by atoms with Crippen LogP contribution in [-0.4, -0.2) is 97.8 Å². The van der Waals surface area contributed by atoms with Gasteiger partial charge >= 0.3 is 34.6 Å². The van der Waals surface area contributed by atoms with Crippen molar-refractivity contribution in [3.63, 3.8) is 0 Å². The van der Waals surface area contributed by atoms with E-state index in [-0.39, 0.29) is 113 Å². The summed E-state index contributed by atoms with van der Waals surface area (Å²) >= 11 is -0.363. The molecule has 0 aliphatic heterocycles. The molecule has 0 aliphatic rings. The van der Waals surface area contributed by atoms with Gasteiger partial charge < -0.3 is 0 Å². The molecule has 0 nitrogen and oxygen atoms in total. The fourth-order valence-electron chi connectivity index (χ4n) is 0. The first-order valence-corrected chi connectivity index (χ1v) is 5.92. The van der Waals surface area contributed by atoms with Gasteiger partial charge in [-0.05, 0) is 0 Å². The SMILES string of the molecule is [Ba].[Ba].[S]=[Mo]=[S]. The van der Waals surface area contributed by atoms with E-state index in [1.165, 1.54) is 0 Å². The molecule has 0 spiro atoms. The average Bonchev–Trinajstić information content (AvgIpc) is 0.918. The van der Waals surface area contributed by atoms with E-state index >= 15 is 0 Å². The van der Waals surface area contributed by atoms with Crippen molar-refractivity contribution >= 4 is 117 Å². The molecule has 4 radical (unpaired) electrons. The second-order valence-electron chi connectivity index (χ2n) is 0.0680. The van der Waals surface area contributed by atoms with Gasteiger partial charge in [-0.3, -0.25) is 0 Å². The van der Waals surface area contributed by atoms with E-state index in [2.05, 4.69) is 19.6 Å². The molecule has 5 heteroatoms. The Balaban J connectivity index is -0.0000000200. The summed E-state index contributed by atoms with van der Waals surface area (Å²) in [6.07, 6.45) is 0. The average molecular weight is 435 g/mol. The molecule has 22 valence electrons. The zero-order chi connectivity index (χ0) is 2.71. The zero-order valence-electron chi connectivity index (χ0n) is 2.64.